The molecule has 8 nitrogen and oxygen atoms in total. The van der Waals surface area contributed by atoms with Gasteiger partial charge in [0.05, 0.1) is 12.1 Å². The molecular formula is C39H59BrN4O4. The third kappa shape index (κ3) is 11.1. The highest BCUT2D eigenvalue weighted by Crippen LogP contribution is 2.37. The molecular weight excluding hydrogens is 668 g/mol. The lowest BCUT2D eigenvalue weighted by atomic mass is 9.90. The van der Waals surface area contributed by atoms with E-state index in [4.69, 9.17) is 9.47 Å². The van der Waals surface area contributed by atoms with Gasteiger partial charge in [0, 0.05) is 49.4 Å². The van der Waals surface area contributed by atoms with Gasteiger partial charge in [0.1, 0.15) is 11.2 Å². The number of nitrogens with zero attached hydrogens (tertiary/aromatic N) is 4. The van der Waals surface area contributed by atoms with Crippen LogP contribution in [0, 0.1) is 11.8 Å². The van der Waals surface area contributed by atoms with Crippen molar-refractivity contribution in [1.29, 1.82) is 0 Å². The minimum absolute atomic E-state index is 0.100. The second-order valence-corrected chi connectivity index (χ2v) is 17.0. The van der Waals surface area contributed by atoms with Crippen LogP contribution < -0.4 is 4.90 Å². The second-order valence-electron chi connectivity index (χ2n) is 16.1. The van der Waals surface area contributed by atoms with Crippen molar-refractivity contribution in [2.24, 2.45) is 11.8 Å². The quantitative estimate of drug-likeness (QED) is 0.314. The van der Waals surface area contributed by atoms with Crippen LogP contribution in [0.15, 0.2) is 53.0 Å². The fourth-order valence-corrected chi connectivity index (χ4v) is 7.17. The van der Waals surface area contributed by atoms with Gasteiger partial charge in [-0.05, 0) is 122 Å². The molecule has 4 atom stereocenters. The average Bonchev–Trinajstić information content (AvgIpc) is 3.00. The number of halogens is 1. The highest BCUT2D eigenvalue weighted by molar-refractivity contribution is 9.10. The number of piperidine rings is 2. The van der Waals surface area contributed by atoms with Gasteiger partial charge in [0.15, 0.2) is 0 Å². The van der Waals surface area contributed by atoms with E-state index in [-0.39, 0.29) is 24.3 Å². The van der Waals surface area contributed by atoms with Gasteiger partial charge >= 0.3 is 12.2 Å². The van der Waals surface area contributed by atoms with Crippen molar-refractivity contribution in [1.82, 2.24) is 14.7 Å². The minimum Gasteiger partial charge on any atom is -0.444 e. The number of likely N-dealkylation sites (tertiary alicyclic amines) is 2. The average molecular weight is 728 g/mol. The van der Waals surface area contributed by atoms with E-state index >= 15 is 0 Å². The van der Waals surface area contributed by atoms with Gasteiger partial charge in [-0.3, -0.25) is 0 Å². The van der Waals surface area contributed by atoms with Crippen LogP contribution in [-0.4, -0.2) is 84.4 Å². The SMILES string of the molecule is C[C@H]1CC[C@H](c2cccc(Br)c2)N(C(=O)OC(C)(C)C)C1.C[C@H]1CC[C@H](c2cccc(N3CCN(C)CC3)c2)N(C(=O)OC(C)(C)C)C1. The van der Waals surface area contributed by atoms with E-state index in [2.05, 4.69) is 83.0 Å². The lowest BCUT2D eigenvalue weighted by molar-refractivity contribution is 0.00276. The van der Waals surface area contributed by atoms with E-state index in [1.807, 2.05) is 63.5 Å². The normalized spacial score (nSPS) is 24.0. The first-order chi connectivity index (χ1) is 22.5. The zero-order chi connectivity index (χ0) is 35.2. The summed E-state index contributed by atoms with van der Waals surface area (Å²) in [5.74, 6) is 1.02. The van der Waals surface area contributed by atoms with Gasteiger partial charge in [-0.25, -0.2) is 9.59 Å². The van der Waals surface area contributed by atoms with Crippen molar-refractivity contribution in [3.05, 3.63) is 64.1 Å². The van der Waals surface area contributed by atoms with Crippen molar-refractivity contribution in [3.63, 3.8) is 0 Å². The van der Waals surface area contributed by atoms with E-state index in [0.29, 0.717) is 11.8 Å². The largest absolute Gasteiger partial charge is 0.444 e. The molecule has 3 saturated heterocycles. The van der Waals surface area contributed by atoms with Crippen LogP contribution in [-0.2, 0) is 9.47 Å². The lowest BCUT2D eigenvalue weighted by Gasteiger charge is -2.40. The zero-order valence-corrected chi connectivity index (χ0v) is 32.4. The Morgan fingerprint density at radius 3 is 1.60 bits per heavy atom. The molecule has 48 heavy (non-hydrogen) atoms. The predicted octanol–water partition coefficient (Wildman–Crippen LogP) is 9.30. The second kappa shape index (κ2) is 16.3. The maximum Gasteiger partial charge on any atom is 0.410 e. The van der Waals surface area contributed by atoms with E-state index in [1.54, 1.807) is 0 Å². The molecule has 0 aliphatic carbocycles. The molecule has 5 rings (SSSR count). The van der Waals surface area contributed by atoms with Crippen LogP contribution in [0.2, 0.25) is 0 Å². The molecule has 0 aromatic heterocycles. The number of rotatable bonds is 3. The minimum atomic E-state index is -0.468. The number of benzene rings is 2. The molecule has 2 aromatic carbocycles. The van der Waals surface area contributed by atoms with Crippen molar-refractivity contribution in [2.45, 2.75) is 104 Å². The monoisotopic (exact) mass is 726 g/mol. The maximum absolute atomic E-state index is 12.9. The van der Waals surface area contributed by atoms with Crippen molar-refractivity contribution in [3.8, 4) is 0 Å². The summed E-state index contributed by atoms with van der Waals surface area (Å²) < 4.78 is 12.3. The summed E-state index contributed by atoms with van der Waals surface area (Å²) in [6.07, 6.45) is 3.85. The number of carbonyl (C=O) groups is 2. The van der Waals surface area contributed by atoms with Gasteiger partial charge in [-0.15, -0.1) is 0 Å². The fraction of sp³-hybridized carbons (Fsp3) is 0.641. The van der Waals surface area contributed by atoms with E-state index in [1.165, 1.54) is 16.8 Å². The molecule has 3 aliphatic heterocycles. The molecule has 0 spiro atoms. The van der Waals surface area contributed by atoms with Crippen LogP contribution in [0.4, 0.5) is 15.3 Å². The first kappa shape index (κ1) is 38.0. The Morgan fingerprint density at radius 1 is 0.688 bits per heavy atom. The Labute approximate surface area is 298 Å². The van der Waals surface area contributed by atoms with Crippen molar-refractivity contribution >= 4 is 33.8 Å². The number of likely N-dealkylation sites (N-methyl/N-ethyl adjacent to an activating group) is 1. The Morgan fingerprint density at radius 2 is 1.15 bits per heavy atom. The molecule has 2 aromatic rings. The number of anilines is 1. The van der Waals surface area contributed by atoms with Gasteiger partial charge in [0.2, 0.25) is 0 Å². The smallest absolute Gasteiger partial charge is 0.410 e. The van der Waals surface area contributed by atoms with Crippen LogP contribution in [0.1, 0.15) is 104 Å². The Kier molecular flexibility index (Phi) is 12.9. The zero-order valence-electron chi connectivity index (χ0n) is 30.8. The third-order valence-electron chi connectivity index (χ3n) is 9.25. The third-order valence-corrected chi connectivity index (χ3v) is 9.74. The first-order valence-corrected chi connectivity index (χ1v) is 18.6. The Hall–Kier alpha value is -2.78. The number of hydrogen-bond donors (Lipinski definition) is 0. The standard InChI is InChI=1S/C22H35N3O2.C17H24BrNO2/c1-17-9-10-20(25(16-17)21(26)27-22(2,3)4)18-7-6-8-19(15-18)24-13-11-23(5)12-14-24;1-12-8-9-15(13-6-5-7-14(18)10-13)19(11-12)16(20)21-17(2,3)4/h6-8,15,17,20H,9-14,16H2,1-5H3;5-7,10,12,15H,8-9,11H2,1-4H3/t17-,20+;12-,15+/m00/s1. The molecule has 0 saturated carbocycles. The summed E-state index contributed by atoms with van der Waals surface area (Å²) in [7, 11) is 2.18. The molecule has 3 fully saturated rings. The topological polar surface area (TPSA) is 65.6 Å². The molecule has 9 heteroatoms. The molecule has 0 bridgehead atoms. The van der Waals surface area contributed by atoms with Crippen LogP contribution in [0.25, 0.3) is 0 Å². The molecule has 0 N–H and O–H groups in total. The van der Waals surface area contributed by atoms with Gasteiger partial charge < -0.3 is 29.1 Å². The summed E-state index contributed by atoms with van der Waals surface area (Å²) in [5, 5.41) is 0. The number of carbonyl (C=O) groups excluding carboxylic acids is 2. The van der Waals surface area contributed by atoms with Crippen molar-refractivity contribution in [2.75, 3.05) is 51.2 Å². The molecule has 3 aliphatic rings. The fourth-order valence-electron chi connectivity index (χ4n) is 6.75. The highest BCUT2D eigenvalue weighted by Gasteiger charge is 2.35. The Balaban J connectivity index is 0.000000224. The molecule has 266 valence electrons. The van der Waals surface area contributed by atoms with E-state index in [0.717, 1.165) is 69.4 Å². The van der Waals surface area contributed by atoms with E-state index < -0.39 is 11.2 Å². The molecule has 0 radical (unpaired) electrons. The summed E-state index contributed by atoms with van der Waals surface area (Å²) in [6, 6.07) is 17.2. The van der Waals surface area contributed by atoms with E-state index in [9.17, 15) is 9.59 Å². The van der Waals surface area contributed by atoms with Crippen molar-refractivity contribution < 1.29 is 19.1 Å². The van der Waals surface area contributed by atoms with Gasteiger partial charge in [-0.1, -0.05) is 54.0 Å². The van der Waals surface area contributed by atoms with Crippen LogP contribution in [0.3, 0.4) is 0 Å². The summed E-state index contributed by atoms with van der Waals surface area (Å²) in [4.78, 5) is 34.0. The first-order valence-electron chi connectivity index (χ1n) is 17.8. The van der Waals surface area contributed by atoms with Crippen LogP contribution >= 0.6 is 15.9 Å². The highest BCUT2D eigenvalue weighted by atomic mass is 79.9. The molecule has 0 unspecified atom stereocenters. The number of piperazine rings is 1. The summed E-state index contributed by atoms with van der Waals surface area (Å²) >= 11 is 3.51. The molecule has 3 heterocycles. The van der Waals surface area contributed by atoms with Crippen LogP contribution in [0.5, 0.6) is 0 Å². The Bertz CT molecular complexity index is 1360. The number of ether oxygens (including phenoxy) is 2. The number of amides is 2. The maximum atomic E-state index is 12.9. The summed E-state index contributed by atoms with van der Waals surface area (Å²) in [6.45, 7) is 21.7. The van der Waals surface area contributed by atoms with Gasteiger partial charge in [-0.2, -0.15) is 0 Å². The summed E-state index contributed by atoms with van der Waals surface area (Å²) in [5.41, 5.74) is 2.73. The van der Waals surface area contributed by atoms with Gasteiger partial charge in [0.25, 0.3) is 0 Å². The predicted molar refractivity (Wildman–Crippen MR) is 198 cm³/mol. The number of hydrogen-bond acceptors (Lipinski definition) is 6. The molecule has 2 amide bonds. The lowest BCUT2D eigenvalue weighted by Crippen LogP contribution is -2.45.